The lowest BCUT2D eigenvalue weighted by atomic mass is 10.1. The number of rotatable bonds is 5. The number of aromatic nitrogens is 1. The highest BCUT2D eigenvalue weighted by molar-refractivity contribution is 7.15. The molecule has 2 nitrogen and oxygen atoms in total. The predicted octanol–water partition coefficient (Wildman–Crippen LogP) is 4.57. The third kappa shape index (κ3) is 3.64. The Kier molecular flexibility index (Phi) is 4.89. The van der Waals surface area contributed by atoms with Gasteiger partial charge in [0.2, 0.25) is 0 Å². The highest BCUT2D eigenvalue weighted by atomic mass is 32.1. The van der Waals surface area contributed by atoms with Crippen LogP contribution in [0, 0.1) is 5.82 Å². The minimum atomic E-state index is -0.212. The van der Waals surface area contributed by atoms with Crippen LogP contribution in [-0.4, -0.2) is 11.0 Å². The van der Waals surface area contributed by atoms with Gasteiger partial charge in [-0.3, -0.25) is 0 Å². The minimum absolute atomic E-state index is 0.212. The first-order valence-corrected chi connectivity index (χ1v) is 7.78. The van der Waals surface area contributed by atoms with Crippen LogP contribution in [0.5, 0.6) is 0 Å². The fourth-order valence-electron chi connectivity index (χ4n) is 1.95. The van der Waals surface area contributed by atoms with Crippen molar-refractivity contribution >= 4 is 11.3 Å². The van der Waals surface area contributed by atoms with Crippen LogP contribution >= 0.6 is 11.3 Å². The van der Waals surface area contributed by atoms with Crippen LogP contribution in [0.2, 0.25) is 0 Å². The molecule has 108 valence electrons. The van der Waals surface area contributed by atoms with E-state index >= 15 is 0 Å². The van der Waals surface area contributed by atoms with Crippen LogP contribution in [0.25, 0.3) is 10.6 Å². The zero-order valence-electron chi connectivity index (χ0n) is 12.4. The minimum Gasteiger partial charge on any atom is -0.310 e. The zero-order valence-corrected chi connectivity index (χ0v) is 13.2. The van der Waals surface area contributed by atoms with E-state index in [9.17, 15) is 4.39 Å². The Morgan fingerprint density at radius 2 is 1.80 bits per heavy atom. The summed E-state index contributed by atoms with van der Waals surface area (Å²) in [6, 6.07) is 7.00. The van der Waals surface area contributed by atoms with Crippen LogP contribution in [0.3, 0.4) is 0 Å². The van der Waals surface area contributed by atoms with Crippen molar-refractivity contribution in [3.63, 3.8) is 0 Å². The van der Waals surface area contributed by atoms with Gasteiger partial charge in [-0.15, -0.1) is 11.3 Å². The van der Waals surface area contributed by atoms with E-state index in [1.54, 1.807) is 23.5 Å². The molecule has 0 bridgehead atoms. The van der Waals surface area contributed by atoms with Crippen molar-refractivity contribution in [2.75, 3.05) is 0 Å². The molecule has 0 aliphatic carbocycles. The van der Waals surface area contributed by atoms with Gasteiger partial charge in [-0.25, -0.2) is 9.37 Å². The van der Waals surface area contributed by atoms with Gasteiger partial charge in [-0.1, -0.05) is 27.7 Å². The first-order chi connectivity index (χ1) is 9.47. The smallest absolute Gasteiger partial charge is 0.123 e. The number of thiazole rings is 1. The maximum absolute atomic E-state index is 13.0. The first kappa shape index (κ1) is 15.1. The van der Waals surface area contributed by atoms with Gasteiger partial charge in [-0.05, 0) is 30.2 Å². The SMILES string of the molecule is CC(C)NCc1sc(-c2ccc(F)cc2)nc1C(C)C. The molecule has 2 rings (SSSR count). The van der Waals surface area contributed by atoms with E-state index in [-0.39, 0.29) is 5.82 Å². The molecule has 0 radical (unpaired) electrons. The van der Waals surface area contributed by atoms with Crippen LogP contribution in [0.4, 0.5) is 4.39 Å². The summed E-state index contributed by atoms with van der Waals surface area (Å²) in [7, 11) is 0. The molecular weight excluding hydrogens is 271 g/mol. The summed E-state index contributed by atoms with van der Waals surface area (Å²) in [5.41, 5.74) is 2.12. The highest BCUT2D eigenvalue weighted by Crippen LogP contribution is 2.31. The standard InChI is InChI=1S/C16H21FN2S/c1-10(2)15-14(9-18-11(3)4)20-16(19-15)12-5-7-13(17)8-6-12/h5-8,10-11,18H,9H2,1-4H3. The Morgan fingerprint density at radius 1 is 1.15 bits per heavy atom. The third-order valence-corrected chi connectivity index (χ3v) is 4.16. The Hall–Kier alpha value is -1.26. The van der Waals surface area contributed by atoms with Gasteiger partial charge >= 0.3 is 0 Å². The first-order valence-electron chi connectivity index (χ1n) is 6.96. The van der Waals surface area contributed by atoms with Gasteiger partial charge in [0.05, 0.1) is 5.69 Å². The van der Waals surface area contributed by atoms with E-state index in [1.807, 2.05) is 0 Å². The number of halogens is 1. The quantitative estimate of drug-likeness (QED) is 0.873. The second-order valence-electron chi connectivity index (χ2n) is 5.52. The summed E-state index contributed by atoms with van der Waals surface area (Å²) in [4.78, 5) is 6.01. The number of nitrogens with one attached hydrogen (secondary N) is 1. The Labute approximate surface area is 124 Å². The molecule has 0 spiro atoms. The van der Waals surface area contributed by atoms with Gasteiger partial charge in [0.15, 0.2) is 0 Å². The van der Waals surface area contributed by atoms with Crippen molar-refractivity contribution in [2.24, 2.45) is 0 Å². The molecule has 4 heteroatoms. The zero-order chi connectivity index (χ0) is 14.7. The molecule has 1 aromatic heterocycles. The third-order valence-electron chi connectivity index (χ3n) is 3.04. The van der Waals surface area contributed by atoms with E-state index in [0.29, 0.717) is 12.0 Å². The second kappa shape index (κ2) is 6.46. The summed E-state index contributed by atoms with van der Waals surface area (Å²) in [6.45, 7) is 9.42. The monoisotopic (exact) mass is 292 g/mol. The average molecular weight is 292 g/mol. The molecule has 0 saturated carbocycles. The molecule has 1 aromatic carbocycles. The molecule has 0 unspecified atom stereocenters. The van der Waals surface area contributed by atoms with Crippen molar-refractivity contribution in [1.82, 2.24) is 10.3 Å². The van der Waals surface area contributed by atoms with Crippen LogP contribution in [0.15, 0.2) is 24.3 Å². The summed E-state index contributed by atoms with van der Waals surface area (Å²) >= 11 is 1.69. The molecule has 0 saturated heterocycles. The van der Waals surface area contributed by atoms with E-state index < -0.39 is 0 Å². The van der Waals surface area contributed by atoms with Crippen LogP contribution in [-0.2, 0) is 6.54 Å². The van der Waals surface area contributed by atoms with Crippen LogP contribution < -0.4 is 5.32 Å². The van der Waals surface area contributed by atoms with Crippen LogP contribution in [0.1, 0.15) is 44.2 Å². The number of benzene rings is 1. The van der Waals surface area contributed by atoms with Gasteiger partial charge in [0, 0.05) is 23.0 Å². The van der Waals surface area contributed by atoms with E-state index in [4.69, 9.17) is 4.98 Å². The van der Waals surface area contributed by atoms with E-state index in [2.05, 4.69) is 33.0 Å². The normalized spacial score (nSPS) is 11.6. The molecule has 2 aromatic rings. The molecule has 1 heterocycles. The highest BCUT2D eigenvalue weighted by Gasteiger charge is 2.15. The molecule has 1 N–H and O–H groups in total. The Balaban J connectivity index is 2.30. The summed E-state index contributed by atoms with van der Waals surface area (Å²) in [6.07, 6.45) is 0. The van der Waals surface area contributed by atoms with Crippen molar-refractivity contribution in [1.29, 1.82) is 0 Å². The molecule has 20 heavy (non-hydrogen) atoms. The lowest BCUT2D eigenvalue weighted by Gasteiger charge is -2.09. The maximum Gasteiger partial charge on any atom is 0.123 e. The molecule has 0 fully saturated rings. The molecule has 0 atom stereocenters. The molecule has 0 amide bonds. The lowest BCUT2D eigenvalue weighted by molar-refractivity contribution is 0.588. The van der Waals surface area contributed by atoms with Crippen molar-refractivity contribution in [3.05, 3.63) is 40.7 Å². The van der Waals surface area contributed by atoms with Crippen molar-refractivity contribution < 1.29 is 4.39 Å². The summed E-state index contributed by atoms with van der Waals surface area (Å²) in [5.74, 6) is 0.181. The van der Waals surface area contributed by atoms with Gasteiger partial charge in [-0.2, -0.15) is 0 Å². The Bertz CT molecular complexity index is 558. The van der Waals surface area contributed by atoms with Gasteiger partial charge in [0.25, 0.3) is 0 Å². The largest absolute Gasteiger partial charge is 0.310 e. The number of hydrogen-bond acceptors (Lipinski definition) is 3. The molecular formula is C16H21FN2S. The topological polar surface area (TPSA) is 24.9 Å². The fraction of sp³-hybridized carbons (Fsp3) is 0.438. The van der Waals surface area contributed by atoms with E-state index in [0.717, 1.165) is 22.8 Å². The maximum atomic E-state index is 13.0. The van der Waals surface area contributed by atoms with Gasteiger partial charge in [0.1, 0.15) is 10.8 Å². The predicted molar refractivity (Wildman–Crippen MR) is 83.6 cm³/mol. The van der Waals surface area contributed by atoms with Crippen molar-refractivity contribution in [2.45, 2.75) is 46.2 Å². The second-order valence-corrected chi connectivity index (χ2v) is 6.61. The summed E-state index contributed by atoms with van der Waals surface area (Å²) in [5, 5.41) is 4.41. The van der Waals surface area contributed by atoms with Crippen molar-refractivity contribution in [3.8, 4) is 10.6 Å². The lowest BCUT2D eigenvalue weighted by Crippen LogP contribution is -2.22. The molecule has 0 aliphatic heterocycles. The average Bonchev–Trinajstić information content (AvgIpc) is 2.81. The van der Waals surface area contributed by atoms with Gasteiger partial charge < -0.3 is 5.32 Å². The number of hydrogen-bond donors (Lipinski definition) is 1. The Morgan fingerprint density at radius 3 is 2.35 bits per heavy atom. The van der Waals surface area contributed by atoms with E-state index in [1.165, 1.54) is 17.0 Å². The molecule has 0 aliphatic rings. The summed E-state index contributed by atoms with van der Waals surface area (Å²) < 4.78 is 13.0. The fourth-order valence-corrected chi connectivity index (χ4v) is 3.13. The number of nitrogens with zero attached hydrogens (tertiary/aromatic N) is 1.